The highest BCUT2D eigenvalue weighted by molar-refractivity contribution is 5.82. The molecule has 1 aliphatic rings. The molecule has 1 rings (SSSR count). The van der Waals surface area contributed by atoms with Gasteiger partial charge in [0.1, 0.15) is 0 Å². The maximum atomic E-state index is 11.5. The molecule has 0 amide bonds. The average molecular weight is 216 g/mol. The van der Waals surface area contributed by atoms with Gasteiger partial charge in [-0.25, -0.2) is 4.79 Å². The van der Waals surface area contributed by atoms with Crippen molar-refractivity contribution in [1.29, 1.82) is 0 Å². The van der Waals surface area contributed by atoms with Crippen LogP contribution in [0.25, 0.3) is 0 Å². The molecular weight excluding hydrogens is 200 g/mol. The summed E-state index contributed by atoms with van der Waals surface area (Å²) in [4.78, 5) is 11.5. The molecule has 0 aromatic carbocycles. The van der Waals surface area contributed by atoms with E-state index in [1.165, 1.54) is 19.3 Å². The molecule has 0 radical (unpaired) electrons. The van der Waals surface area contributed by atoms with Gasteiger partial charge < -0.3 is 19.7 Å². The normalized spacial score (nSPS) is 35.2. The molecule has 0 aromatic heterocycles. The monoisotopic (exact) mass is 216 g/mol. The number of ether oxygens (including phenoxy) is 2. The second-order valence-corrected chi connectivity index (χ2v) is 3.44. The lowest BCUT2D eigenvalue weighted by Gasteiger charge is -2.34. The molecule has 0 fully saturated rings. The Labute approximate surface area is 88.3 Å². The van der Waals surface area contributed by atoms with Crippen molar-refractivity contribution in [3.63, 3.8) is 0 Å². The predicted octanol–water partition coefficient (Wildman–Crippen LogP) is -0.384. The van der Waals surface area contributed by atoms with Crippen molar-refractivity contribution in [3.8, 4) is 0 Å². The third-order valence-electron chi connectivity index (χ3n) is 2.40. The van der Waals surface area contributed by atoms with Gasteiger partial charge in [-0.15, -0.1) is 0 Å². The highest BCUT2D eigenvalue weighted by Gasteiger charge is 2.44. The van der Waals surface area contributed by atoms with Crippen LogP contribution in [0.15, 0.2) is 12.2 Å². The summed E-state index contributed by atoms with van der Waals surface area (Å²) in [6.07, 6.45) is 0.829. The number of hydrogen-bond acceptors (Lipinski definition) is 5. The minimum Gasteiger partial charge on any atom is -0.467 e. The van der Waals surface area contributed by atoms with Gasteiger partial charge in [-0.3, -0.25) is 0 Å². The van der Waals surface area contributed by atoms with Gasteiger partial charge in [0.05, 0.1) is 19.3 Å². The zero-order chi connectivity index (χ0) is 11.5. The van der Waals surface area contributed by atoms with E-state index in [4.69, 9.17) is 4.74 Å². The summed E-state index contributed by atoms with van der Waals surface area (Å²) in [6, 6.07) is 0. The summed E-state index contributed by atoms with van der Waals surface area (Å²) in [7, 11) is 1.26. The largest absolute Gasteiger partial charge is 0.467 e. The highest BCUT2D eigenvalue weighted by atomic mass is 16.6. The van der Waals surface area contributed by atoms with Gasteiger partial charge in [0.25, 0.3) is 0 Å². The molecule has 1 aliphatic carbocycles. The van der Waals surface area contributed by atoms with E-state index < -0.39 is 23.8 Å². The maximum Gasteiger partial charge on any atom is 0.342 e. The number of carbonyl (C=O) groups excluding carboxylic acids is 1. The predicted molar refractivity (Wildman–Crippen MR) is 52.1 cm³/mol. The minimum absolute atomic E-state index is 0.00514. The van der Waals surface area contributed by atoms with Crippen molar-refractivity contribution in [2.24, 2.45) is 0 Å². The van der Waals surface area contributed by atoms with Crippen LogP contribution in [-0.2, 0) is 14.3 Å². The first-order chi connectivity index (χ1) is 7.05. The Balaban J connectivity index is 2.92. The van der Waals surface area contributed by atoms with Crippen molar-refractivity contribution >= 4 is 5.97 Å². The van der Waals surface area contributed by atoms with Crippen molar-refractivity contribution in [2.75, 3.05) is 13.7 Å². The summed E-state index contributed by atoms with van der Waals surface area (Å²) in [5, 5.41) is 18.8. The SMILES string of the molecule is CCO[C@@]1(C(=O)OC)C=C[C@@H](O)[C@H](O)C1. The Morgan fingerprint density at radius 2 is 2.27 bits per heavy atom. The fourth-order valence-corrected chi connectivity index (χ4v) is 1.63. The molecule has 2 N–H and O–H groups in total. The van der Waals surface area contributed by atoms with Gasteiger partial charge in [0.15, 0.2) is 5.60 Å². The second kappa shape index (κ2) is 4.74. The van der Waals surface area contributed by atoms with Gasteiger partial charge >= 0.3 is 5.97 Å². The zero-order valence-electron chi connectivity index (χ0n) is 8.84. The van der Waals surface area contributed by atoms with E-state index in [2.05, 4.69) is 4.74 Å². The maximum absolute atomic E-state index is 11.5. The number of hydrogen-bond donors (Lipinski definition) is 2. The first-order valence-corrected chi connectivity index (χ1v) is 4.83. The first-order valence-electron chi connectivity index (χ1n) is 4.83. The van der Waals surface area contributed by atoms with E-state index in [1.54, 1.807) is 6.92 Å². The molecule has 3 atom stereocenters. The Morgan fingerprint density at radius 1 is 1.60 bits per heavy atom. The molecule has 15 heavy (non-hydrogen) atoms. The number of methoxy groups -OCH3 is 1. The van der Waals surface area contributed by atoms with E-state index in [0.29, 0.717) is 6.61 Å². The van der Waals surface area contributed by atoms with E-state index in [9.17, 15) is 15.0 Å². The quantitative estimate of drug-likeness (QED) is 0.496. The number of carbonyl (C=O) groups is 1. The Bertz CT molecular complexity index is 263. The van der Waals surface area contributed by atoms with E-state index in [1.807, 2.05) is 0 Å². The second-order valence-electron chi connectivity index (χ2n) is 3.44. The third kappa shape index (κ3) is 2.37. The summed E-state index contributed by atoms with van der Waals surface area (Å²) in [5.74, 6) is -0.563. The fraction of sp³-hybridized carbons (Fsp3) is 0.700. The average Bonchev–Trinajstić information content (AvgIpc) is 2.23. The Morgan fingerprint density at radius 3 is 2.73 bits per heavy atom. The lowest BCUT2D eigenvalue weighted by atomic mass is 9.87. The minimum atomic E-state index is -1.26. The first kappa shape index (κ1) is 12.2. The molecule has 0 saturated carbocycles. The van der Waals surface area contributed by atoms with Gasteiger partial charge in [-0.2, -0.15) is 0 Å². The van der Waals surface area contributed by atoms with E-state index >= 15 is 0 Å². The molecule has 5 heteroatoms. The van der Waals surface area contributed by atoms with Crippen LogP contribution in [-0.4, -0.2) is 47.7 Å². The van der Waals surface area contributed by atoms with Gasteiger partial charge in [0.2, 0.25) is 0 Å². The topological polar surface area (TPSA) is 76.0 Å². The summed E-state index contributed by atoms with van der Waals surface area (Å²) < 4.78 is 9.93. The number of rotatable bonds is 3. The van der Waals surface area contributed by atoms with Crippen LogP contribution >= 0.6 is 0 Å². The van der Waals surface area contributed by atoms with Crippen LogP contribution < -0.4 is 0 Å². The van der Waals surface area contributed by atoms with Gasteiger partial charge in [-0.1, -0.05) is 6.08 Å². The van der Waals surface area contributed by atoms with Gasteiger partial charge in [0, 0.05) is 13.0 Å². The van der Waals surface area contributed by atoms with E-state index in [-0.39, 0.29) is 6.42 Å². The molecule has 0 aromatic rings. The number of aliphatic hydroxyl groups is 2. The third-order valence-corrected chi connectivity index (χ3v) is 2.40. The molecule has 0 heterocycles. The van der Waals surface area contributed by atoms with Crippen LogP contribution in [0, 0.1) is 0 Å². The molecule has 0 bridgehead atoms. The summed E-state index contributed by atoms with van der Waals surface area (Å²) in [5.41, 5.74) is -1.26. The smallest absolute Gasteiger partial charge is 0.342 e. The molecule has 0 aliphatic heterocycles. The van der Waals surface area contributed by atoms with Crippen molar-refractivity contribution in [1.82, 2.24) is 0 Å². The molecule has 0 unspecified atom stereocenters. The number of esters is 1. The molecular formula is C10H16O5. The summed E-state index contributed by atoms with van der Waals surface area (Å²) >= 11 is 0. The fourth-order valence-electron chi connectivity index (χ4n) is 1.63. The lowest BCUT2D eigenvalue weighted by molar-refractivity contribution is -0.168. The van der Waals surface area contributed by atoms with Crippen LogP contribution in [0.4, 0.5) is 0 Å². The van der Waals surface area contributed by atoms with Crippen molar-refractivity contribution in [2.45, 2.75) is 31.2 Å². The van der Waals surface area contributed by atoms with Gasteiger partial charge in [-0.05, 0) is 13.0 Å². The molecule has 0 spiro atoms. The standard InChI is InChI=1S/C10H16O5/c1-3-15-10(9(13)14-2)5-4-7(11)8(12)6-10/h4-5,7-8,11-12H,3,6H2,1-2H3/t7-,8-,10+/m1/s1. The summed E-state index contributed by atoms with van der Waals surface area (Å²) in [6.45, 7) is 2.07. The molecule has 5 nitrogen and oxygen atoms in total. The van der Waals surface area contributed by atoms with Crippen molar-refractivity contribution < 1.29 is 24.5 Å². The van der Waals surface area contributed by atoms with Crippen LogP contribution in [0.3, 0.4) is 0 Å². The highest BCUT2D eigenvalue weighted by Crippen LogP contribution is 2.28. The Kier molecular flexibility index (Phi) is 3.84. The number of aliphatic hydroxyl groups excluding tert-OH is 2. The van der Waals surface area contributed by atoms with Crippen molar-refractivity contribution in [3.05, 3.63) is 12.2 Å². The molecule has 0 saturated heterocycles. The van der Waals surface area contributed by atoms with Crippen LogP contribution in [0.1, 0.15) is 13.3 Å². The zero-order valence-corrected chi connectivity index (χ0v) is 8.84. The van der Waals surface area contributed by atoms with E-state index in [0.717, 1.165) is 0 Å². The Hall–Kier alpha value is -0.910. The van der Waals surface area contributed by atoms with Crippen LogP contribution in [0.2, 0.25) is 0 Å². The lowest BCUT2D eigenvalue weighted by Crippen LogP contribution is -2.48. The molecule has 86 valence electrons. The van der Waals surface area contributed by atoms with Crippen LogP contribution in [0.5, 0.6) is 0 Å².